The number of aromatic nitrogens is 4. The lowest BCUT2D eigenvalue weighted by Gasteiger charge is -2.34. The first-order valence-corrected chi connectivity index (χ1v) is 9.00. The van der Waals surface area contributed by atoms with Crippen molar-refractivity contribution in [2.24, 2.45) is 7.05 Å². The molecule has 1 unspecified atom stereocenters. The van der Waals surface area contributed by atoms with E-state index in [1.165, 1.54) is 4.68 Å². The zero-order valence-electron chi connectivity index (χ0n) is 15.6. The second-order valence-electron chi connectivity index (χ2n) is 6.68. The van der Waals surface area contributed by atoms with Gasteiger partial charge in [-0.25, -0.2) is 0 Å². The third-order valence-corrected chi connectivity index (χ3v) is 4.68. The summed E-state index contributed by atoms with van der Waals surface area (Å²) in [5.41, 5.74) is 2.00. The summed E-state index contributed by atoms with van der Waals surface area (Å²) in [5, 5.41) is 11.0. The molecule has 1 fully saturated rings. The van der Waals surface area contributed by atoms with E-state index in [4.69, 9.17) is 4.52 Å². The molecule has 144 valence electrons. The molecule has 1 atom stereocenters. The van der Waals surface area contributed by atoms with Gasteiger partial charge >= 0.3 is 0 Å². The number of nitrogens with one attached hydrogen (secondary N) is 1. The number of amides is 2. The molecule has 3 heterocycles. The number of aryl methyl sites for hydroxylation is 2. The Balaban J connectivity index is 1.57. The van der Waals surface area contributed by atoms with Gasteiger partial charge in [0.2, 0.25) is 17.6 Å². The van der Waals surface area contributed by atoms with Crippen LogP contribution >= 0.6 is 0 Å². The van der Waals surface area contributed by atoms with Crippen LogP contribution in [-0.2, 0) is 18.3 Å². The lowest BCUT2D eigenvalue weighted by atomic mass is 10.1. The Morgan fingerprint density at radius 1 is 1.32 bits per heavy atom. The van der Waals surface area contributed by atoms with Gasteiger partial charge in [0.15, 0.2) is 0 Å². The topological polar surface area (TPSA) is 106 Å². The summed E-state index contributed by atoms with van der Waals surface area (Å²) < 4.78 is 6.86. The van der Waals surface area contributed by atoms with Gasteiger partial charge in [-0.05, 0) is 13.0 Å². The maximum absolute atomic E-state index is 13.0. The molecule has 9 heteroatoms. The van der Waals surface area contributed by atoms with Crippen LogP contribution in [0.3, 0.4) is 0 Å². The van der Waals surface area contributed by atoms with Crippen molar-refractivity contribution < 1.29 is 14.1 Å². The van der Waals surface area contributed by atoms with E-state index in [1.54, 1.807) is 18.0 Å². The van der Waals surface area contributed by atoms with Crippen LogP contribution in [0.5, 0.6) is 0 Å². The summed E-state index contributed by atoms with van der Waals surface area (Å²) in [6.07, 6.45) is 0.147. The Labute approximate surface area is 161 Å². The summed E-state index contributed by atoms with van der Waals surface area (Å²) in [6.45, 7) is 2.62. The van der Waals surface area contributed by atoms with Gasteiger partial charge in [-0.2, -0.15) is 10.1 Å². The summed E-state index contributed by atoms with van der Waals surface area (Å²) in [6, 6.07) is 10.4. The number of nitrogens with zero attached hydrogens (tertiary/aromatic N) is 5. The molecule has 3 aromatic rings. The highest BCUT2D eigenvalue weighted by molar-refractivity contribution is 5.97. The standard InChI is InChI=1S/C19H20N6O3/c1-12-10-15(24(2)22-12)19(27)25-9-8-20-18(26)14(25)11-16-21-17(23-28-16)13-6-4-3-5-7-13/h3-7,10,14H,8-9,11H2,1-2H3,(H,20,26). The molecule has 28 heavy (non-hydrogen) atoms. The molecule has 0 radical (unpaired) electrons. The van der Waals surface area contributed by atoms with E-state index in [0.29, 0.717) is 30.5 Å². The molecule has 0 aliphatic carbocycles. The van der Waals surface area contributed by atoms with Crippen LogP contribution in [0, 0.1) is 6.92 Å². The van der Waals surface area contributed by atoms with Crippen LogP contribution in [0.15, 0.2) is 40.9 Å². The van der Waals surface area contributed by atoms with Crippen molar-refractivity contribution in [1.29, 1.82) is 0 Å². The van der Waals surface area contributed by atoms with Crippen molar-refractivity contribution in [3.05, 3.63) is 53.7 Å². The summed E-state index contributed by atoms with van der Waals surface area (Å²) >= 11 is 0. The highest BCUT2D eigenvalue weighted by atomic mass is 16.5. The van der Waals surface area contributed by atoms with Gasteiger partial charge in [-0.3, -0.25) is 14.3 Å². The number of benzene rings is 1. The monoisotopic (exact) mass is 380 g/mol. The molecular formula is C19H20N6O3. The van der Waals surface area contributed by atoms with Crippen molar-refractivity contribution >= 4 is 11.8 Å². The van der Waals surface area contributed by atoms with Crippen LogP contribution < -0.4 is 5.32 Å². The minimum absolute atomic E-state index is 0.147. The zero-order valence-corrected chi connectivity index (χ0v) is 15.6. The number of rotatable bonds is 4. The Morgan fingerprint density at radius 2 is 2.11 bits per heavy atom. The number of hydrogen-bond acceptors (Lipinski definition) is 6. The summed E-state index contributed by atoms with van der Waals surface area (Å²) in [5.74, 6) is 0.274. The van der Waals surface area contributed by atoms with Gasteiger partial charge in [-0.1, -0.05) is 35.5 Å². The Hall–Kier alpha value is -3.49. The molecular weight excluding hydrogens is 360 g/mol. The van der Waals surface area contributed by atoms with Crippen LogP contribution in [0.1, 0.15) is 22.1 Å². The molecule has 2 amide bonds. The fraction of sp³-hybridized carbons (Fsp3) is 0.316. The largest absolute Gasteiger partial charge is 0.353 e. The zero-order chi connectivity index (χ0) is 19.7. The Kier molecular flexibility index (Phi) is 4.64. The second-order valence-corrected chi connectivity index (χ2v) is 6.68. The van der Waals surface area contributed by atoms with Gasteiger partial charge in [0.25, 0.3) is 5.91 Å². The first-order chi connectivity index (χ1) is 13.5. The predicted octanol–water partition coefficient (Wildman–Crippen LogP) is 0.962. The van der Waals surface area contributed by atoms with Crippen LogP contribution in [-0.4, -0.2) is 55.8 Å². The summed E-state index contributed by atoms with van der Waals surface area (Å²) in [4.78, 5) is 31.4. The van der Waals surface area contributed by atoms with E-state index in [-0.39, 0.29) is 18.2 Å². The van der Waals surface area contributed by atoms with Crippen molar-refractivity contribution in [2.45, 2.75) is 19.4 Å². The highest BCUT2D eigenvalue weighted by Crippen LogP contribution is 2.19. The molecule has 4 rings (SSSR count). The second kappa shape index (κ2) is 7.26. The number of hydrogen-bond donors (Lipinski definition) is 1. The summed E-state index contributed by atoms with van der Waals surface area (Å²) in [7, 11) is 1.71. The quantitative estimate of drug-likeness (QED) is 0.723. The lowest BCUT2D eigenvalue weighted by molar-refractivity contribution is -0.128. The molecule has 1 aliphatic heterocycles. The number of piperazine rings is 1. The Bertz CT molecular complexity index is 1010. The smallest absolute Gasteiger partial charge is 0.272 e. The molecule has 0 saturated carbocycles. The normalized spacial score (nSPS) is 16.9. The molecule has 0 spiro atoms. The maximum Gasteiger partial charge on any atom is 0.272 e. The van der Waals surface area contributed by atoms with Crippen molar-refractivity contribution in [1.82, 2.24) is 30.1 Å². The minimum Gasteiger partial charge on any atom is -0.353 e. The minimum atomic E-state index is -0.722. The molecule has 1 saturated heterocycles. The van der Waals surface area contributed by atoms with E-state index in [1.807, 2.05) is 37.3 Å². The average molecular weight is 380 g/mol. The maximum atomic E-state index is 13.0. The van der Waals surface area contributed by atoms with Crippen LogP contribution in [0.2, 0.25) is 0 Å². The van der Waals surface area contributed by atoms with Crippen molar-refractivity contribution in [2.75, 3.05) is 13.1 Å². The van der Waals surface area contributed by atoms with Crippen LogP contribution in [0.25, 0.3) is 11.4 Å². The number of carbonyl (C=O) groups is 2. The van der Waals surface area contributed by atoms with E-state index in [9.17, 15) is 9.59 Å². The van der Waals surface area contributed by atoms with Gasteiger partial charge in [-0.15, -0.1) is 0 Å². The van der Waals surface area contributed by atoms with Crippen LogP contribution in [0.4, 0.5) is 0 Å². The molecule has 2 aromatic heterocycles. The van der Waals surface area contributed by atoms with Crippen molar-refractivity contribution in [3.63, 3.8) is 0 Å². The average Bonchev–Trinajstić information content (AvgIpc) is 3.29. The molecule has 1 aromatic carbocycles. The molecule has 9 nitrogen and oxygen atoms in total. The fourth-order valence-electron chi connectivity index (χ4n) is 3.33. The fourth-order valence-corrected chi connectivity index (χ4v) is 3.33. The first-order valence-electron chi connectivity index (χ1n) is 9.00. The molecule has 1 aliphatic rings. The van der Waals surface area contributed by atoms with Crippen molar-refractivity contribution in [3.8, 4) is 11.4 Å². The lowest BCUT2D eigenvalue weighted by Crippen LogP contribution is -2.58. The van der Waals surface area contributed by atoms with E-state index < -0.39 is 6.04 Å². The number of carbonyl (C=O) groups excluding carboxylic acids is 2. The first kappa shape index (κ1) is 17.9. The third-order valence-electron chi connectivity index (χ3n) is 4.68. The van der Waals surface area contributed by atoms with Gasteiger partial charge in [0, 0.05) is 25.7 Å². The molecule has 0 bridgehead atoms. The van der Waals surface area contributed by atoms with E-state index >= 15 is 0 Å². The van der Waals surface area contributed by atoms with Gasteiger partial charge < -0.3 is 14.7 Å². The van der Waals surface area contributed by atoms with Gasteiger partial charge in [0.1, 0.15) is 11.7 Å². The Morgan fingerprint density at radius 3 is 2.82 bits per heavy atom. The SMILES string of the molecule is Cc1cc(C(=O)N2CCNC(=O)C2Cc2nc(-c3ccccc3)no2)n(C)n1. The highest BCUT2D eigenvalue weighted by Gasteiger charge is 2.36. The van der Waals surface area contributed by atoms with Gasteiger partial charge in [0.05, 0.1) is 12.1 Å². The molecule has 1 N–H and O–H groups in total. The van der Waals surface area contributed by atoms with E-state index in [0.717, 1.165) is 11.3 Å². The van der Waals surface area contributed by atoms with E-state index in [2.05, 4.69) is 20.6 Å². The predicted molar refractivity (Wildman–Crippen MR) is 99.2 cm³/mol. The third kappa shape index (κ3) is 3.38.